The molecular formula is C20H25N5O4S. The number of anilines is 1. The molecule has 2 N–H and O–H groups in total. The molecule has 1 aliphatic heterocycles. The summed E-state index contributed by atoms with van der Waals surface area (Å²) in [5.74, 6) is 2.11. The summed E-state index contributed by atoms with van der Waals surface area (Å²) in [5.41, 5.74) is 0.521. The maximum atomic E-state index is 12.2. The second kappa shape index (κ2) is 8.95. The Morgan fingerprint density at radius 1 is 1.20 bits per heavy atom. The zero-order valence-electron chi connectivity index (χ0n) is 17.0. The molecule has 3 amide bonds. The fourth-order valence-corrected chi connectivity index (χ4v) is 3.97. The first-order valence-electron chi connectivity index (χ1n) is 10.1. The summed E-state index contributed by atoms with van der Waals surface area (Å²) in [6.07, 6.45) is 3.02. The normalized spacial score (nSPS) is 15.6. The summed E-state index contributed by atoms with van der Waals surface area (Å²) in [4.78, 5) is 24.4. The Kier molecular flexibility index (Phi) is 6.12. The van der Waals surface area contributed by atoms with E-state index in [0.717, 1.165) is 30.2 Å². The van der Waals surface area contributed by atoms with Crippen molar-refractivity contribution < 1.29 is 19.1 Å². The van der Waals surface area contributed by atoms with E-state index >= 15 is 0 Å². The monoisotopic (exact) mass is 431 g/mol. The van der Waals surface area contributed by atoms with Gasteiger partial charge in [0.15, 0.2) is 16.7 Å². The van der Waals surface area contributed by atoms with Crippen LogP contribution in [0.3, 0.4) is 0 Å². The van der Waals surface area contributed by atoms with Crippen molar-refractivity contribution in [1.29, 1.82) is 0 Å². The van der Waals surface area contributed by atoms with Gasteiger partial charge in [0.2, 0.25) is 5.91 Å². The summed E-state index contributed by atoms with van der Waals surface area (Å²) < 4.78 is 13.3. The molecule has 1 fully saturated rings. The van der Waals surface area contributed by atoms with Gasteiger partial charge >= 0.3 is 6.03 Å². The Morgan fingerprint density at radius 2 is 1.97 bits per heavy atom. The van der Waals surface area contributed by atoms with Crippen LogP contribution < -0.4 is 20.1 Å². The number of fused-ring (bicyclic) bond motifs is 1. The number of ether oxygens (including phenoxy) is 2. The quantitative estimate of drug-likeness (QED) is 0.676. The Morgan fingerprint density at radius 3 is 2.70 bits per heavy atom. The van der Waals surface area contributed by atoms with Gasteiger partial charge in [0.25, 0.3) is 0 Å². The second-order valence-electron chi connectivity index (χ2n) is 7.60. The Balaban J connectivity index is 1.30. The molecule has 0 saturated heterocycles. The molecule has 0 radical (unpaired) electrons. The highest BCUT2D eigenvalue weighted by atomic mass is 32.2. The minimum atomic E-state index is -0.596. The molecule has 10 heteroatoms. The average molecular weight is 432 g/mol. The van der Waals surface area contributed by atoms with Gasteiger partial charge in [-0.05, 0) is 25.0 Å². The molecular weight excluding hydrogens is 406 g/mol. The number of rotatable bonds is 6. The lowest BCUT2D eigenvalue weighted by Crippen LogP contribution is -2.35. The van der Waals surface area contributed by atoms with E-state index in [-0.39, 0.29) is 11.7 Å². The molecule has 9 nitrogen and oxygen atoms in total. The fourth-order valence-electron chi connectivity index (χ4n) is 3.15. The number of aromatic nitrogens is 3. The number of nitrogens with one attached hydrogen (secondary N) is 2. The zero-order valence-corrected chi connectivity index (χ0v) is 17.8. The maximum absolute atomic E-state index is 12.2. The molecule has 1 saturated carbocycles. The first kappa shape index (κ1) is 20.5. The highest BCUT2D eigenvalue weighted by Crippen LogP contribution is 2.40. The van der Waals surface area contributed by atoms with Crippen LogP contribution in [0.4, 0.5) is 10.5 Å². The summed E-state index contributed by atoms with van der Waals surface area (Å²) in [5, 5.41) is 14.2. The van der Waals surface area contributed by atoms with Gasteiger partial charge in [-0.1, -0.05) is 25.6 Å². The standard InChI is InChI=1S/C20H25N5O4S/c1-12(2)18-23-24-20(25(18)14-5-6-14)30-11-17(26)22-19(27)21-13-4-7-15-16(10-13)29-9-3-8-28-15/h4,7,10,12,14H,3,5-6,8-9,11H2,1-2H3,(H2,21,22,26,27). The van der Waals surface area contributed by atoms with Gasteiger partial charge in [-0.25, -0.2) is 4.79 Å². The first-order valence-corrected chi connectivity index (χ1v) is 11.1. The molecule has 2 heterocycles. The number of hydrogen-bond acceptors (Lipinski definition) is 7. The fraction of sp³-hybridized carbons (Fsp3) is 0.500. The number of carbonyl (C=O) groups excluding carboxylic acids is 2. The molecule has 4 rings (SSSR count). The molecule has 2 aliphatic rings. The molecule has 0 bridgehead atoms. The van der Waals surface area contributed by atoms with E-state index in [1.807, 2.05) is 0 Å². The van der Waals surface area contributed by atoms with Crippen LogP contribution in [0, 0.1) is 0 Å². The van der Waals surface area contributed by atoms with Crippen LogP contribution >= 0.6 is 11.8 Å². The average Bonchev–Trinajstić information content (AvgIpc) is 3.49. The van der Waals surface area contributed by atoms with Crippen LogP contribution in [-0.2, 0) is 4.79 Å². The van der Waals surface area contributed by atoms with Gasteiger partial charge in [-0.2, -0.15) is 0 Å². The number of imide groups is 1. The number of amides is 3. The molecule has 160 valence electrons. The molecule has 1 aromatic heterocycles. The number of thioether (sulfide) groups is 1. The van der Waals surface area contributed by atoms with Gasteiger partial charge in [-0.15, -0.1) is 10.2 Å². The Hall–Kier alpha value is -2.75. The summed E-state index contributed by atoms with van der Waals surface area (Å²) >= 11 is 1.29. The molecule has 2 aromatic rings. The van der Waals surface area contributed by atoms with E-state index in [1.165, 1.54) is 11.8 Å². The lowest BCUT2D eigenvalue weighted by molar-refractivity contribution is -0.117. The lowest BCUT2D eigenvalue weighted by Gasteiger charge is -2.11. The van der Waals surface area contributed by atoms with Gasteiger partial charge in [-0.3, -0.25) is 10.1 Å². The van der Waals surface area contributed by atoms with Crippen molar-refractivity contribution in [3.8, 4) is 11.5 Å². The Labute approximate surface area is 178 Å². The van der Waals surface area contributed by atoms with Crippen molar-refractivity contribution in [2.75, 3.05) is 24.3 Å². The third-order valence-electron chi connectivity index (χ3n) is 4.71. The van der Waals surface area contributed by atoms with Crippen LogP contribution in [0.15, 0.2) is 23.4 Å². The minimum absolute atomic E-state index is 0.0809. The summed E-state index contributed by atoms with van der Waals surface area (Å²) in [6, 6.07) is 4.96. The smallest absolute Gasteiger partial charge is 0.325 e. The first-order chi connectivity index (χ1) is 14.5. The lowest BCUT2D eigenvalue weighted by atomic mass is 10.2. The third kappa shape index (κ3) is 4.86. The van der Waals surface area contributed by atoms with E-state index in [1.54, 1.807) is 18.2 Å². The van der Waals surface area contributed by atoms with Crippen LogP contribution in [0.5, 0.6) is 11.5 Å². The van der Waals surface area contributed by atoms with Gasteiger partial charge < -0.3 is 19.4 Å². The van der Waals surface area contributed by atoms with Crippen molar-refractivity contribution >= 4 is 29.4 Å². The van der Waals surface area contributed by atoms with Gasteiger partial charge in [0, 0.05) is 30.1 Å². The largest absolute Gasteiger partial charge is 0.490 e. The topological polar surface area (TPSA) is 107 Å². The highest BCUT2D eigenvalue weighted by molar-refractivity contribution is 7.99. The van der Waals surface area contributed by atoms with E-state index in [2.05, 4.69) is 39.2 Å². The molecule has 0 unspecified atom stereocenters. The SMILES string of the molecule is CC(C)c1nnc(SCC(=O)NC(=O)Nc2ccc3c(c2)OCCCO3)n1C1CC1. The van der Waals surface area contributed by atoms with Gasteiger partial charge in [0.1, 0.15) is 5.82 Å². The number of urea groups is 1. The number of benzene rings is 1. The van der Waals surface area contributed by atoms with E-state index in [9.17, 15) is 9.59 Å². The summed E-state index contributed by atoms with van der Waals surface area (Å²) in [6.45, 7) is 5.31. The van der Waals surface area contributed by atoms with Crippen molar-refractivity contribution in [3.63, 3.8) is 0 Å². The molecule has 1 aliphatic carbocycles. The van der Waals surface area contributed by atoms with E-state index in [4.69, 9.17) is 9.47 Å². The van der Waals surface area contributed by atoms with Crippen molar-refractivity contribution in [3.05, 3.63) is 24.0 Å². The molecule has 0 atom stereocenters. The molecule has 30 heavy (non-hydrogen) atoms. The number of carbonyl (C=O) groups is 2. The van der Waals surface area contributed by atoms with Gasteiger partial charge in [0.05, 0.1) is 19.0 Å². The predicted molar refractivity (Wildman–Crippen MR) is 112 cm³/mol. The van der Waals surface area contributed by atoms with Crippen LogP contribution in [0.2, 0.25) is 0 Å². The third-order valence-corrected chi connectivity index (χ3v) is 5.65. The highest BCUT2D eigenvalue weighted by Gasteiger charge is 2.30. The minimum Gasteiger partial charge on any atom is -0.490 e. The number of hydrogen-bond donors (Lipinski definition) is 2. The Bertz CT molecular complexity index is 941. The van der Waals surface area contributed by atoms with Crippen molar-refractivity contribution in [2.24, 2.45) is 0 Å². The van der Waals surface area contributed by atoms with Crippen molar-refractivity contribution in [1.82, 2.24) is 20.1 Å². The van der Waals surface area contributed by atoms with Crippen LogP contribution in [0.25, 0.3) is 0 Å². The predicted octanol–water partition coefficient (Wildman–Crippen LogP) is 3.34. The summed E-state index contributed by atoms with van der Waals surface area (Å²) in [7, 11) is 0. The second-order valence-corrected chi connectivity index (χ2v) is 8.54. The van der Waals surface area contributed by atoms with E-state index < -0.39 is 11.9 Å². The number of nitrogens with zero attached hydrogens (tertiary/aromatic N) is 3. The molecule has 1 aromatic carbocycles. The van der Waals surface area contributed by atoms with Crippen LogP contribution in [0.1, 0.15) is 50.9 Å². The van der Waals surface area contributed by atoms with Crippen LogP contribution in [-0.4, -0.2) is 45.7 Å². The van der Waals surface area contributed by atoms with E-state index in [0.29, 0.717) is 36.4 Å². The van der Waals surface area contributed by atoms with Crippen molar-refractivity contribution in [2.45, 2.75) is 50.2 Å². The molecule has 0 spiro atoms. The maximum Gasteiger partial charge on any atom is 0.325 e. The zero-order chi connectivity index (χ0) is 21.1.